The molecule has 0 heterocycles. The minimum absolute atomic E-state index is 0.0195. The predicted octanol–water partition coefficient (Wildman–Crippen LogP) is 3.05. The van der Waals surface area contributed by atoms with Gasteiger partial charge in [-0.05, 0) is 13.0 Å². The van der Waals surface area contributed by atoms with Crippen LogP contribution in [-0.4, -0.2) is 17.7 Å². The lowest BCUT2D eigenvalue weighted by molar-refractivity contribution is 0.0692. The van der Waals surface area contributed by atoms with Gasteiger partial charge in [-0.25, -0.2) is 4.79 Å². The molecule has 0 fully saturated rings. The molecule has 0 spiro atoms. The number of rotatable bonds is 3. The monoisotopic (exact) mass is 245 g/mol. The molecule has 5 heteroatoms. The highest BCUT2D eigenvalue weighted by molar-refractivity contribution is 6.33. The van der Waals surface area contributed by atoms with E-state index < -0.39 is 5.97 Å². The number of carboxylic acids is 1. The van der Waals surface area contributed by atoms with Crippen molar-refractivity contribution in [3.05, 3.63) is 22.7 Å². The second-order valence-electron chi connectivity index (χ2n) is 2.61. The molecule has 1 rings (SSSR count). The molecular weight excluding hydrogens is 230 g/mol. The molecule has 0 saturated heterocycles. The van der Waals surface area contributed by atoms with Gasteiger partial charge in [-0.2, -0.15) is 0 Å². The summed E-state index contributed by atoms with van der Waals surface area (Å²) in [6, 6.07) is 2.69. The maximum Gasteiger partial charge on any atom is 0.339 e. The summed E-state index contributed by atoms with van der Waals surface area (Å²) in [5.74, 6) is -0.850. The third kappa shape index (κ3) is 3.62. The molecule has 1 aromatic carbocycles. The summed E-state index contributed by atoms with van der Waals surface area (Å²) in [6.45, 7) is 6.14. The Bertz CT molecular complexity index is 366. The number of carbonyl (C=O) groups is 1. The number of nitrogen functional groups attached to an aromatic ring is 1. The molecular formula is C11H16ClNO3. The molecule has 0 unspecified atom stereocenters. The van der Waals surface area contributed by atoms with Crippen LogP contribution in [-0.2, 0) is 0 Å². The van der Waals surface area contributed by atoms with Crippen molar-refractivity contribution in [3.63, 3.8) is 0 Å². The molecule has 0 aromatic heterocycles. The normalized spacial score (nSPS) is 9.00. The van der Waals surface area contributed by atoms with E-state index in [2.05, 4.69) is 0 Å². The average Bonchev–Trinajstić information content (AvgIpc) is 2.26. The standard InChI is InChI=1S/C9H10ClNO3.C2H6/c1-2-14-8-4-7(11)6(10)3-5(8)9(12)13;1-2/h3-4H,2,11H2,1H3,(H,12,13);1-2H3. The van der Waals surface area contributed by atoms with Crippen molar-refractivity contribution in [2.24, 2.45) is 0 Å². The number of ether oxygens (including phenoxy) is 1. The van der Waals surface area contributed by atoms with Crippen LogP contribution in [0.3, 0.4) is 0 Å². The molecule has 0 atom stereocenters. The first-order chi connectivity index (χ1) is 7.56. The fourth-order valence-corrected chi connectivity index (χ4v) is 1.17. The third-order valence-corrected chi connectivity index (χ3v) is 1.96. The van der Waals surface area contributed by atoms with Crippen molar-refractivity contribution in [1.82, 2.24) is 0 Å². The molecule has 0 aliphatic rings. The van der Waals surface area contributed by atoms with Crippen LogP contribution in [0.5, 0.6) is 5.75 Å². The quantitative estimate of drug-likeness (QED) is 0.803. The summed E-state index contributed by atoms with van der Waals surface area (Å²) in [6.07, 6.45) is 0. The average molecular weight is 246 g/mol. The number of hydrogen-bond acceptors (Lipinski definition) is 3. The van der Waals surface area contributed by atoms with Crippen LogP contribution < -0.4 is 10.5 Å². The van der Waals surface area contributed by atoms with Crippen LogP contribution >= 0.6 is 11.6 Å². The van der Waals surface area contributed by atoms with Crippen LogP contribution in [0.2, 0.25) is 5.02 Å². The van der Waals surface area contributed by atoms with Gasteiger partial charge in [-0.1, -0.05) is 25.4 Å². The Hall–Kier alpha value is -1.42. The number of carboxylic acid groups (broad SMARTS) is 1. The molecule has 0 bridgehead atoms. The highest BCUT2D eigenvalue weighted by atomic mass is 35.5. The molecule has 0 aliphatic heterocycles. The van der Waals surface area contributed by atoms with Gasteiger partial charge in [0.2, 0.25) is 0 Å². The van der Waals surface area contributed by atoms with Crippen molar-refractivity contribution < 1.29 is 14.6 Å². The van der Waals surface area contributed by atoms with E-state index in [1.165, 1.54) is 12.1 Å². The topological polar surface area (TPSA) is 72.5 Å². The fourth-order valence-electron chi connectivity index (χ4n) is 1.01. The van der Waals surface area contributed by atoms with E-state index in [4.69, 9.17) is 27.2 Å². The molecule has 0 amide bonds. The van der Waals surface area contributed by atoms with Crippen LogP contribution in [0.4, 0.5) is 5.69 Å². The molecule has 4 nitrogen and oxygen atoms in total. The van der Waals surface area contributed by atoms with Gasteiger partial charge in [0.1, 0.15) is 11.3 Å². The van der Waals surface area contributed by atoms with E-state index in [0.717, 1.165) is 0 Å². The molecule has 0 aliphatic carbocycles. The van der Waals surface area contributed by atoms with Crippen LogP contribution in [0.25, 0.3) is 0 Å². The number of nitrogens with two attached hydrogens (primary N) is 1. The van der Waals surface area contributed by atoms with Gasteiger partial charge in [0, 0.05) is 6.07 Å². The minimum Gasteiger partial charge on any atom is -0.493 e. The number of benzene rings is 1. The van der Waals surface area contributed by atoms with Gasteiger partial charge in [0.05, 0.1) is 17.3 Å². The second-order valence-corrected chi connectivity index (χ2v) is 3.02. The highest BCUT2D eigenvalue weighted by Gasteiger charge is 2.13. The van der Waals surface area contributed by atoms with Gasteiger partial charge in [-0.3, -0.25) is 0 Å². The fraction of sp³-hybridized carbons (Fsp3) is 0.364. The first-order valence-electron chi connectivity index (χ1n) is 5.01. The van der Waals surface area contributed by atoms with Gasteiger partial charge in [-0.15, -0.1) is 0 Å². The molecule has 3 N–H and O–H groups in total. The smallest absolute Gasteiger partial charge is 0.339 e. The SMILES string of the molecule is CC.CCOc1cc(N)c(Cl)cc1C(=O)O. The summed E-state index contributed by atoms with van der Waals surface area (Å²) in [5, 5.41) is 9.04. The van der Waals surface area contributed by atoms with E-state index in [0.29, 0.717) is 12.3 Å². The van der Waals surface area contributed by atoms with Crippen molar-refractivity contribution >= 4 is 23.3 Å². The number of aromatic carboxylic acids is 1. The second kappa shape index (κ2) is 6.95. The lowest BCUT2D eigenvalue weighted by Gasteiger charge is -2.08. The van der Waals surface area contributed by atoms with Crippen LogP contribution in [0, 0.1) is 0 Å². The summed E-state index contributed by atoms with van der Waals surface area (Å²) < 4.78 is 5.11. The van der Waals surface area contributed by atoms with Crippen LogP contribution in [0.1, 0.15) is 31.1 Å². The number of halogens is 1. The van der Waals surface area contributed by atoms with Crippen molar-refractivity contribution in [1.29, 1.82) is 0 Å². The van der Waals surface area contributed by atoms with E-state index in [1.807, 2.05) is 13.8 Å². The highest BCUT2D eigenvalue weighted by Crippen LogP contribution is 2.28. The maximum atomic E-state index is 10.8. The van der Waals surface area contributed by atoms with Gasteiger partial charge in [0.15, 0.2) is 0 Å². The Kier molecular flexibility index (Phi) is 6.34. The van der Waals surface area contributed by atoms with Crippen LogP contribution in [0.15, 0.2) is 12.1 Å². The molecule has 16 heavy (non-hydrogen) atoms. The Morgan fingerprint density at radius 1 is 1.50 bits per heavy atom. The number of anilines is 1. The zero-order valence-electron chi connectivity index (χ0n) is 9.58. The zero-order chi connectivity index (χ0) is 12.7. The summed E-state index contributed by atoms with van der Waals surface area (Å²) in [4.78, 5) is 10.8. The van der Waals surface area contributed by atoms with E-state index in [1.54, 1.807) is 6.92 Å². The maximum absolute atomic E-state index is 10.8. The Morgan fingerprint density at radius 2 is 2.06 bits per heavy atom. The summed E-state index contributed by atoms with van der Waals surface area (Å²) in [5.41, 5.74) is 5.84. The van der Waals surface area contributed by atoms with Gasteiger partial charge >= 0.3 is 5.97 Å². The molecule has 0 radical (unpaired) electrons. The largest absolute Gasteiger partial charge is 0.493 e. The molecule has 90 valence electrons. The van der Waals surface area contributed by atoms with E-state index >= 15 is 0 Å². The lowest BCUT2D eigenvalue weighted by Crippen LogP contribution is -2.04. The Balaban J connectivity index is 0.00000106. The predicted molar refractivity (Wildman–Crippen MR) is 65.3 cm³/mol. The summed E-state index contributed by atoms with van der Waals surface area (Å²) in [7, 11) is 0. The molecule has 0 saturated carbocycles. The van der Waals surface area contributed by atoms with Crippen molar-refractivity contribution in [2.45, 2.75) is 20.8 Å². The molecule has 1 aromatic rings. The first-order valence-corrected chi connectivity index (χ1v) is 5.39. The Morgan fingerprint density at radius 3 is 2.50 bits per heavy atom. The van der Waals surface area contributed by atoms with Gasteiger partial charge < -0.3 is 15.6 Å². The summed E-state index contributed by atoms with van der Waals surface area (Å²) >= 11 is 5.69. The van der Waals surface area contributed by atoms with E-state index in [9.17, 15) is 4.79 Å². The first kappa shape index (κ1) is 14.6. The minimum atomic E-state index is -1.09. The van der Waals surface area contributed by atoms with E-state index in [-0.39, 0.29) is 16.3 Å². The lowest BCUT2D eigenvalue weighted by atomic mass is 10.2. The van der Waals surface area contributed by atoms with Gasteiger partial charge in [0.25, 0.3) is 0 Å². The Labute approximate surface area is 100.0 Å². The zero-order valence-corrected chi connectivity index (χ0v) is 10.3. The number of hydrogen-bond donors (Lipinski definition) is 2. The third-order valence-electron chi connectivity index (χ3n) is 1.63. The van der Waals surface area contributed by atoms with Crippen molar-refractivity contribution in [2.75, 3.05) is 12.3 Å². The van der Waals surface area contributed by atoms with Crippen molar-refractivity contribution in [3.8, 4) is 5.75 Å².